The van der Waals surface area contributed by atoms with Gasteiger partial charge >= 0.3 is 0 Å². The molecule has 1 atom stereocenters. The molecule has 3 aromatic rings. The quantitative estimate of drug-likeness (QED) is 0.578. The van der Waals surface area contributed by atoms with Crippen molar-refractivity contribution in [3.63, 3.8) is 0 Å². The highest BCUT2D eigenvalue weighted by atomic mass is 16.5. The fraction of sp³-hybridized carbons (Fsp3) is 0.400. The van der Waals surface area contributed by atoms with Crippen molar-refractivity contribution < 1.29 is 14.3 Å². The number of nitrogens with zero attached hydrogens (tertiary/aromatic N) is 3. The van der Waals surface area contributed by atoms with Crippen molar-refractivity contribution in [1.82, 2.24) is 15.3 Å². The largest absolute Gasteiger partial charge is 0.497 e. The van der Waals surface area contributed by atoms with E-state index in [1.165, 1.54) is 0 Å². The van der Waals surface area contributed by atoms with Gasteiger partial charge in [-0.2, -0.15) is 0 Å². The summed E-state index contributed by atoms with van der Waals surface area (Å²) in [6.07, 6.45) is 2.67. The van der Waals surface area contributed by atoms with Crippen LogP contribution in [0.3, 0.4) is 0 Å². The third-order valence-electron chi connectivity index (χ3n) is 5.68. The van der Waals surface area contributed by atoms with Crippen LogP contribution in [0.15, 0.2) is 48.5 Å². The molecule has 1 aliphatic rings. The number of aromatic nitrogens is 2. The predicted octanol–water partition coefficient (Wildman–Crippen LogP) is 3.96. The van der Waals surface area contributed by atoms with Gasteiger partial charge < -0.3 is 19.7 Å². The summed E-state index contributed by atoms with van der Waals surface area (Å²) < 4.78 is 11.1. The summed E-state index contributed by atoms with van der Waals surface area (Å²) in [6, 6.07) is 15.5. The first-order valence-corrected chi connectivity index (χ1v) is 11.2. The van der Waals surface area contributed by atoms with Gasteiger partial charge in [-0.25, -0.2) is 9.97 Å². The van der Waals surface area contributed by atoms with E-state index in [1.54, 1.807) is 7.11 Å². The molecule has 7 nitrogen and oxygen atoms in total. The number of carbonyl (C=O) groups is 1. The average Bonchev–Trinajstić information content (AvgIpc) is 2.85. The standard InChI is InChI=1S/C25H30N4O3/c1-3-15-32-25-23(27-21-8-4-5-9-22(21)28-25)29-14-6-7-19(17-29)24(30)26-16-18-10-12-20(31-2)13-11-18/h4-5,8-13,19H,3,6-7,14-17H2,1-2H3,(H,26,30)/t19-/m1/s1. The van der Waals surface area contributed by atoms with Gasteiger partial charge in [0.2, 0.25) is 5.91 Å². The van der Waals surface area contributed by atoms with E-state index in [9.17, 15) is 4.79 Å². The zero-order valence-corrected chi connectivity index (χ0v) is 18.7. The summed E-state index contributed by atoms with van der Waals surface area (Å²) >= 11 is 0. The van der Waals surface area contributed by atoms with Crippen LogP contribution in [0.4, 0.5) is 5.82 Å². The number of ether oxygens (including phenoxy) is 2. The smallest absolute Gasteiger partial charge is 0.258 e. The zero-order valence-electron chi connectivity index (χ0n) is 18.7. The summed E-state index contributed by atoms with van der Waals surface area (Å²) in [4.78, 5) is 24.6. The average molecular weight is 435 g/mol. The fourth-order valence-electron chi connectivity index (χ4n) is 3.94. The SMILES string of the molecule is CCCOc1nc2ccccc2nc1N1CCC[C@@H](C(=O)NCc2ccc(OC)cc2)C1. The molecule has 1 aliphatic heterocycles. The van der Waals surface area contributed by atoms with Crippen LogP contribution in [0.5, 0.6) is 11.6 Å². The van der Waals surface area contributed by atoms with E-state index in [1.807, 2.05) is 48.5 Å². The predicted molar refractivity (Wildman–Crippen MR) is 125 cm³/mol. The molecule has 1 N–H and O–H groups in total. The van der Waals surface area contributed by atoms with Crippen LogP contribution in [-0.2, 0) is 11.3 Å². The van der Waals surface area contributed by atoms with Crippen molar-refractivity contribution in [2.75, 3.05) is 31.7 Å². The van der Waals surface area contributed by atoms with Gasteiger partial charge in [-0.1, -0.05) is 31.2 Å². The second-order valence-corrected chi connectivity index (χ2v) is 8.04. The number of para-hydroxylation sites is 2. The molecule has 0 radical (unpaired) electrons. The number of hydrogen-bond acceptors (Lipinski definition) is 6. The van der Waals surface area contributed by atoms with E-state index in [0.29, 0.717) is 25.6 Å². The lowest BCUT2D eigenvalue weighted by atomic mass is 9.97. The number of hydrogen-bond donors (Lipinski definition) is 1. The second kappa shape index (κ2) is 10.3. The van der Waals surface area contributed by atoms with E-state index in [2.05, 4.69) is 17.1 Å². The van der Waals surface area contributed by atoms with E-state index in [4.69, 9.17) is 19.4 Å². The summed E-state index contributed by atoms with van der Waals surface area (Å²) in [5.74, 6) is 2.04. The number of rotatable bonds is 8. The Morgan fingerprint density at radius 2 is 1.88 bits per heavy atom. The molecule has 1 fully saturated rings. The topological polar surface area (TPSA) is 76.6 Å². The van der Waals surface area contributed by atoms with Crippen molar-refractivity contribution >= 4 is 22.8 Å². The van der Waals surface area contributed by atoms with Crippen LogP contribution in [-0.4, -0.2) is 42.7 Å². The molecular weight excluding hydrogens is 404 g/mol. The second-order valence-electron chi connectivity index (χ2n) is 8.04. The van der Waals surface area contributed by atoms with Crippen molar-refractivity contribution in [2.45, 2.75) is 32.7 Å². The van der Waals surface area contributed by atoms with Gasteiger partial charge in [0.05, 0.1) is 30.7 Å². The third kappa shape index (κ3) is 5.10. The summed E-state index contributed by atoms with van der Waals surface area (Å²) in [5, 5.41) is 3.08. The minimum Gasteiger partial charge on any atom is -0.497 e. The van der Waals surface area contributed by atoms with Gasteiger partial charge in [0.15, 0.2) is 5.82 Å². The molecule has 2 heterocycles. The van der Waals surface area contributed by atoms with Crippen LogP contribution in [0, 0.1) is 5.92 Å². The first-order valence-electron chi connectivity index (χ1n) is 11.2. The zero-order chi connectivity index (χ0) is 22.3. The molecule has 7 heteroatoms. The van der Waals surface area contributed by atoms with Gasteiger partial charge in [0.25, 0.3) is 5.88 Å². The number of piperidine rings is 1. The van der Waals surface area contributed by atoms with E-state index >= 15 is 0 Å². The Hall–Kier alpha value is -3.35. The molecule has 4 rings (SSSR count). The van der Waals surface area contributed by atoms with Crippen LogP contribution in [0.1, 0.15) is 31.7 Å². The number of methoxy groups -OCH3 is 1. The molecule has 0 spiro atoms. The summed E-state index contributed by atoms with van der Waals surface area (Å²) in [5.41, 5.74) is 2.69. The highest BCUT2D eigenvalue weighted by Gasteiger charge is 2.28. The van der Waals surface area contributed by atoms with E-state index in [-0.39, 0.29) is 11.8 Å². The number of amides is 1. The highest BCUT2D eigenvalue weighted by molar-refractivity contribution is 5.80. The van der Waals surface area contributed by atoms with Gasteiger partial charge in [-0.15, -0.1) is 0 Å². The molecular formula is C25H30N4O3. The number of fused-ring (bicyclic) bond motifs is 1. The van der Waals surface area contributed by atoms with Crippen LogP contribution in [0.25, 0.3) is 11.0 Å². The maximum Gasteiger partial charge on any atom is 0.258 e. The van der Waals surface area contributed by atoms with Crippen molar-refractivity contribution in [3.8, 4) is 11.6 Å². The lowest BCUT2D eigenvalue weighted by Gasteiger charge is -2.33. The Labute approximate surface area is 188 Å². The first-order chi connectivity index (χ1) is 15.7. The monoisotopic (exact) mass is 434 g/mol. The molecule has 168 valence electrons. The van der Waals surface area contributed by atoms with Crippen LogP contribution >= 0.6 is 0 Å². The Bertz CT molecular complexity index is 1050. The number of nitrogens with one attached hydrogen (secondary N) is 1. The van der Waals surface area contributed by atoms with Crippen LogP contribution < -0.4 is 19.7 Å². The number of benzene rings is 2. The Morgan fingerprint density at radius 1 is 1.12 bits per heavy atom. The molecule has 0 aliphatic carbocycles. The Balaban J connectivity index is 1.46. The third-order valence-corrected chi connectivity index (χ3v) is 5.68. The molecule has 0 saturated carbocycles. The number of carbonyl (C=O) groups excluding carboxylic acids is 1. The van der Waals surface area contributed by atoms with Crippen molar-refractivity contribution in [2.24, 2.45) is 5.92 Å². The maximum atomic E-state index is 12.9. The number of anilines is 1. The van der Waals surface area contributed by atoms with Gasteiger partial charge in [0.1, 0.15) is 5.75 Å². The summed E-state index contributed by atoms with van der Waals surface area (Å²) in [6.45, 7) is 4.58. The Morgan fingerprint density at radius 3 is 2.59 bits per heavy atom. The van der Waals surface area contributed by atoms with Crippen LogP contribution in [0.2, 0.25) is 0 Å². The minimum atomic E-state index is -0.103. The van der Waals surface area contributed by atoms with Gasteiger partial charge in [0, 0.05) is 19.6 Å². The minimum absolute atomic E-state index is 0.0651. The van der Waals surface area contributed by atoms with E-state index < -0.39 is 0 Å². The van der Waals surface area contributed by atoms with Crippen molar-refractivity contribution in [1.29, 1.82) is 0 Å². The summed E-state index contributed by atoms with van der Waals surface area (Å²) in [7, 11) is 1.64. The molecule has 0 bridgehead atoms. The van der Waals surface area contributed by atoms with Gasteiger partial charge in [-0.05, 0) is 49.1 Å². The lowest BCUT2D eigenvalue weighted by Crippen LogP contribution is -2.43. The Kier molecular flexibility index (Phi) is 7.04. The van der Waals surface area contributed by atoms with Gasteiger partial charge in [-0.3, -0.25) is 4.79 Å². The molecule has 1 amide bonds. The van der Waals surface area contributed by atoms with E-state index in [0.717, 1.165) is 54.0 Å². The van der Waals surface area contributed by atoms with Crippen molar-refractivity contribution in [3.05, 3.63) is 54.1 Å². The lowest BCUT2D eigenvalue weighted by molar-refractivity contribution is -0.125. The molecule has 32 heavy (non-hydrogen) atoms. The molecule has 2 aromatic carbocycles. The first kappa shape index (κ1) is 21.9. The molecule has 1 saturated heterocycles. The maximum absolute atomic E-state index is 12.9. The normalized spacial score (nSPS) is 16.1. The fourth-order valence-corrected chi connectivity index (χ4v) is 3.94. The molecule has 0 unspecified atom stereocenters. The molecule has 1 aromatic heterocycles. The highest BCUT2D eigenvalue weighted by Crippen LogP contribution is 2.31.